The summed E-state index contributed by atoms with van der Waals surface area (Å²) < 4.78 is 1.75. The molecule has 1 aromatic heterocycles. The molecule has 0 spiro atoms. The molecule has 2 aromatic rings. The maximum absolute atomic E-state index is 12.9. The third-order valence-corrected chi connectivity index (χ3v) is 4.73. The number of aromatic nitrogens is 2. The van der Waals surface area contributed by atoms with Gasteiger partial charge in [-0.15, -0.1) is 0 Å². The minimum absolute atomic E-state index is 0.0787. The maximum atomic E-state index is 12.9. The van der Waals surface area contributed by atoms with Gasteiger partial charge in [0.25, 0.3) is 5.91 Å². The number of rotatable bonds is 4. The zero-order valence-corrected chi connectivity index (χ0v) is 14.9. The number of halogens is 1. The van der Waals surface area contributed by atoms with Gasteiger partial charge in [0.1, 0.15) is 0 Å². The summed E-state index contributed by atoms with van der Waals surface area (Å²) in [7, 11) is 0. The molecule has 1 aliphatic rings. The molecule has 1 aromatic carbocycles. The fourth-order valence-corrected chi connectivity index (χ4v) is 3.31. The van der Waals surface area contributed by atoms with Crippen molar-refractivity contribution in [1.29, 1.82) is 0 Å². The first-order valence-corrected chi connectivity index (χ1v) is 8.62. The van der Waals surface area contributed by atoms with Crippen LogP contribution in [0.15, 0.2) is 30.5 Å². The van der Waals surface area contributed by atoms with Crippen LogP contribution in [0.4, 0.5) is 0 Å². The first kappa shape index (κ1) is 17.5. The molecule has 0 saturated carbocycles. The second kappa shape index (κ2) is 6.88. The van der Waals surface area contributed by atoms with Crippen molar-refractivity contribution in [2.24, 2.45) is 5.92 Å². The minimum atomic E-state index is -0.851. The molecule has 7 heteroatoms. The van der Waals surface area contributed by atoms with Gasteiger partial charge in [-0.2, -0.15) is 5.10 Å². The molecule has 1 N–H and O–H groups in total. The van der Waals surface area contributed by atoms with E-state index < -0.39 is 11.9 Å². The maximum Gasteiger partial charge on any atom is 0.308 e. The molecule has 1 unspecified atom stereocenters. The quantitative estimate of drug-likeness (QED) is 0.907. The summed E-state index contributed by atoms with van der Waals surface area (Å²) in [5.41, 5.74) is 2.17. The number of carboxylic acids is 1. The molecule has 0 bridgehead atoms. The first-order chi connectivity index (χ1) is 11.9. The van der Waals surface area contributed by atoms with E-state index in [1.165, 1.54) is 0 Å². The van der Waals surface area contributed by atoms with Gasteiger partial charge in [-0.25, -0.2) is 4.68 Å². The van der Waals surface area contributed by atoms with Crippen molar-refractivity contribution in [2.75, 3.05) is 13.1 Å². The van der Waals surface area contributed by atoms with Crippen molar-refractivity contribution in [2.45, 2.75) is 26.2 Å². The second-order valence-corrected chi connectivity index (χ2v) is 7.00. The molecule has 0 radical (unpaired) electrons. The van der Waals surface area contributed by atoms with E-state index >= 15 is 0 Å². The van der Waals surface area contributed by atoms with Crippen LogP contribution in [0.1, 0.15) is 42.2 Å². The van der Waals surface area contributed by atoms with Crippen molar-refractivity contribution in [3.05, 3.63) is 46.7 Å². The average Bonchev–Trinajstić information content (AvgIpc) is 3.22. The second-order valence-electron chi connectivity index (χ2n) is 6.56. The van der Waals surface area contributed by atoms with E-state index in [4.69, 9.17) is 16.7 Å². The summed E-state index contributed by atoms with van der Waals surface area (Å²) >= 11 is 5.94. The Bertz CT molecular complexity index is 798. The molecule has 0 aliphatic carbocycles. The Labute approximate surface area is 151 Å². The fraction of sp³-hybridized carbons (Fsp3) is 0.389. The standard InChI is InChI=1S/C18H20ClN3O3/c1-11(2)16-15(17(23)21-8-7-12(10-21)18(24)25)9-20-22(16)14-5-3-13(19)4-6-14/h3-6,9,11-12H,7-8,10H2,1-2H3,(H,24,25). The van der Waals surface area contributed by atoms with Gasteiger partial charge in [0.05, 0.1) is 29.1 Å². The molecule has 3 rings (SSSR count). The molecule has 6 nitrogen and oxygen atoms in total. The van der Waals surface area contributed by atoms with Crippen LogP contribution in [0.25, 0.3) is 5.69 Å². The normalized spacial score (nSPS) is 17.3. The van der Waals surface area contributed by atoms with E-state index in [0.717, 1.165) is 11.4 Å². The van der Waals surface area contributed by atoms with Gasteiger partial charge in [-0.3, -0.25) is 9.59 Å². The highest BCUT2D eigenvalue weighted by molar-refractivity contribution is 6.30. The largest absolute Gasteiger partial charge is 0.481 e. The van der Waals surface area contributed by atoms with Crippen molar-refractivity contribution in [3.8, 4) is 5.69 Å². The topological polar surface area (TPSA) is 75.4 Å². The van der Waals surface area contributed by atoms with Crippen LogP contribution in [0.2, 0.25) is 5.02 Å². The highest BCUT2D eigenvalue weighted by Crippen LogP contribution is 2.27. The molecule has 1 amide bonds. The Balaban J connectivity index is 1.93. The number of amides is 1. The number of hydrogen-bond acceptors (Lipinski definition) is 3. The summed E-state index contributed by atoms with van der Waals surface area (Å²) in [5.74, 6) is -1.42. The summed E-state index contributed by atoms with van der Waals surface area (Å²) in [6.45, 7) is 4.71. The Hall–Kier alpha value is -2.34. The average molecular weight is 362 g/mol. The van der Waals surface area contributed by atoms with Crippen molar-refractivity contribution in [1.82, 2.24) is 14.7 Å². The molecular formula is C18H20ClN3O3. The molecule has 1 aliphatic heterocycles. The zero-order chi connectivity index (χ0) is 18.1. The number of carboxylic acid groups (broad SMARTS) is 1. The molecule has 132 valence electrons. The third kappa shape index (κ3) is 3.39. The summed E-state index contributed by atoms with van der Waals surface area (Å²) in [6, 6.07) is 7.27. The van der Waals surface area contributed by atoms with E-state index in [-0.39, 0.29) is 18.4 Å². The summed E-state index contributed by atoms with van der Waals surface area (Å²) in [6.07, 6.45) is 2.06. The van der Waals surface area contributed by atoms with Crippen LogP contribution >= 0.6 is 11.6 Å². The van der Waals surface area contributed by atoms with Gasteiger partial charge >= 0.3 is 5.97 Å². The van der Waals surface area contributed by atoms with Crippen LogP contribution in [-0.2, 0) is 4.79 Å². The van der Waals surface area contributed by atoms with Gasteiger partial charge < -0.3 is 10.0 Å². The Morgan fingerprint density at radius 3 is 2.52 bits per heavy atom. The molecule has 25 heavy (non-hydrogen) atoms. The van der Waals surface area contributed by atoms with E-state index in [1.54, 1.807) is 27.9 Å². The molecular weight excluding hydrogens is 342 g/mol. The number of carbonyl (C=O) groups is 2. The number of carbonyl (C=O) groups excluding carboxylic acids is 1. The highest BCUT2D eigenvalue weighted by Gasteiger charge is 2.33. The van der Waals surface area contributed by atoms with Gasteiger partial charge in [-0.05, 0) is 36.6 Å². The van der Waals surface area contributed by atoms with E-state index in [1.807, 2.05) is 26.0 Å². The zero-order valence-electron chi connectivity index (χ0n) is 14.1. The van der Waals surface area contributed by atoms with Gasteiger partial charge in [-0.1, -0.05) is 25.4 Å². The monoisotopic (exact) mass is 361 g/mol. The van der Waals surface area contributed by atoms with Gasteiger partial charge in [0, 0.05) is 18.1 Å². The molecule has 1 atom stereocenters. The van der Waals surface area contributed by atoms with Crippen LogP contribution in [-0.4, -0.2) is 44.8 Å². The summed E-state index contributed by atoms with van der Waals surface area (Å²) in [5, 5.41) is 14.2. The SMILES string of the molecule is CC(C)c1c(C(=O)N2CCC(C(=O)O)C2)cnn1-c1ccc(Cl)cc1. The highest BCUT2D eigenvalue weighted by atomic mass is 35.5. The van der Waals surface area contributed by atoms with Crippen molar-refractivity contribution >= 4 is 23.5 Å². The number of hydrogen-bond donors (Lipinski definition) is 1. The lowest BCUT2D eigenvalue weighted by molar-refractivity contribution is -0.141. The van der Waals surface area contributed by atoms with Crippen LogP contribution < -0.4 is 0 Å². The van der Waals surface area contributed by atoms with Crippen molar-refractivity contribution < 1.29 is 14.7 Å². The van der Waals surface area contributed by atoms with Crippen molar-refractivity contribution in [3.63, 3.8) is 0 Å². The van der Waals surface area contributed by atoms with E-state index in [0.29, 0.717) is 23.6 Å². The van der Waals surface area contributed by atoms with E-state index in [9.17, 15) is 9.59 Å². The summed E-state index contributed by atoms with van der Waals surface area (Å²) in [4.78, 5) is 25.6. The molecule has 1 saturated heterocycles. The van der Waals surface area contributed by atoms with Gasteiger partial charge in [0.2, 0.25) is 0 Å². The number of nitrogens with zero attached hydrogens (tertiary/aromatic N) is 3. The number of aliphatic carboxylic acids is 1. The van der Waals surface area contributed by atoms with Crippen LogP contribution in [0.5, 0.6) is 0 Å². The Kier molecular flexibility index (Phi) is 4.81. The van der Waals surface area contributed by atoms with Crippen LogP contribution in [0.3, 0.4) is 0 Å². The smallest absolute Gasteiger partial charge is 0.308 e. The Morgan fingerprint density at radius 1 is 1.28 bits per heavy atom. The predicted octanol–water partition coefficient (Wildman–Crippen LogP) is 3.20. The minimum Gasteiger partial charge on any atom is -0.481 e. The number of likely N-dealkylation sites (tertiary alicyclic amines) is 1. The third-order valence-electron chi connectivity index (χ3n) is 4.48. The molecule has 1 fully saturated rings. The first-order valence-electron chi connectivity index (χ1n) is 8.24. The van der Waals surface area contributed by atoms with Gasteiger partial charge in [0.15, 0.2) is 0 Å². The lowest BCUT2D eigenvalue weighted by atomic mass is 10.0. The van der Waals surface area contributed by atoms with Crippen LogP contribution in [0, 0.1) is 5.92 Å². The molecule has 2 heterocycles. The Morgan fingerprint density at radius 2 is 1.96 bits per heavy atom. The van der Waals surface area contributed by atoms with E-state index in [2.05, 4.69) is 5.10 Å². The lowest BCUT2D eigenvalue weighted by Crippen LogP contribution is -2.30. The lowest BCUT2D eigenvalue weighted by Gasteiger charge is -2.18. The predicted molar refractivity (Wildman–Crippen MR) is 94.3 cm³/mol. The fourth-order valence-electron chi connectivity index (χ4n) is 3.18. The number of benzene rings is 1.